The van der Waals surface area contributed by atoms with E-state index in [1.807, 2.05) is 18.2 Å². The molecule has 0 bridgehead atoms. The summed E-state index contributed by atoms with van der Waals surface area (Å²) in [7, 11) is 0. The third kappa shape index (κ3) is 6.90. The van der Waals surface area contributed by atoms with Gasteiger partial charge in [-0.15, -0.1) is 0 Å². The minimum Gasteiger partial charge on any atom is -0.368 e. The summed E-state index contributed by atoms with van der Waals surface area (Å²) < 4.78 is 0. The Labute approximate surface area is 224 Å². The Kier molecular flexibility index (Phi) is 7.36. The van der Waals surface area contributed by atoms with E-state index in [-0.39, 0.29) is 11.9 Å². The van der Waals surface area contributed by atoms with Crippen LogP contribution < -0.4 is 31.9 Å². The molecule has 0 radical (unpaired) electrons. The van der Waals surface area contributed by atoms with Crippen LogP contribution in [0.5, 0.6) is 0 Å². The van der Waals surface area contributed by atoms with Gasteiger partial charge in [-0.3, -0.25) is 9.79 Å². The van der Waals surface area contributed by atoms with Crippen LogP contribution in [-0.4, -0.2) is 42.9 Å². The van der Waals surface area contributed by atoms with E-state index in [9.17, 15) is 14.4 Å². The molecule has 5 rings (SSSR count). The van der Waals surface area contributed by atoms with Crippen molar-refractivity contribution in [1.82, 2.24) is 10.6 Å². The van der Waals surface area contributed by atoms with E-state index in [1.165, 1.54) is 6.07 Å². The van der Waals surface area contributed by atoms with Crippen molar-refractivity contribution < 1.29 is 14.4 Å². The zero-order chi connectivity index (χ0) is 27.2. The summed E-state index contributed by atoms with van der Waals surface area (Å²) in [6.07, 6.45) is 1.85. The van der Waals surface area contributed by atoms with E-state index >= 15 is 0 Å². The van der Waals surface area contributed by atoms with Gasteiger partial charge in [-0.2, -0.15) is 5.26 Å². The van der Waals surface area contributed by atoms with Gasteiger partial charge in [-0.05, 0) is 79.6 Å². The molecule has 6 N–H and O–H groups in total. The van der Waals surface area contributed by atoms with Crippen molar-refractivity contribution in [3.8, 4) is 6.07 Å². The molecule has 0 aromatic heterocycles. The highest BCUT2D eigenvalue weighted by Crippen LogP contribution is 2.23. The molecule has 1 aliphatic carbocycles. The van der Waals surface area contributed by atoms with Crippen molar-refractivity contribution in [2.75, 3.05) is 34.4 Å². The van der Waals surface area contributed by atoms with Gasteiger partial charge in [0, 0.05) is 46.5 Å². The number of hydrogen-bond acceptors (Lipinski definition) is 6. The lowest BCUT2D eigenvalue weighted by atomic mass is 10.1. The van der Waals surface area contributed by atoms with Crippen LogP contribution in [0.2, 0.25) is 0 Å². The zero-order valence-corrected chi connectivity index (χ0v) is 20.9. The highest BCUT2D eigenvalue weighted by Gasteiger charge is 2.24. The first-order chi connectivity index (χ1) is 18.9. The van der Waals surface area contributed by atoms with Crippen LogP contribution in [0, 0.1) is 11.3 Å². The Morgan fingerprint density at radius 2 is 1.36 bits per heavy atom. The molecule has 0 atom stereocenters. The molecular weight excluding hydrogens is 496 g/mol. The molecule has 1 heterocycles. The number of amides is 5. The number of nitrogens with one attached hydrogen (secondary N) is 6. The van der Waals surface area contributed by atoms with Gasteiger partial charge in [-0.1, -0.05) is 0 Å². The molecule has 1 fully saturated rings. The first-order valence-corrected chi connectivity index (χ1v) is 12.5. The van der Waals surface area contributed by atoms with Gasteiger partial charge >= 0.3 is 12.1 Å². The van der Waals surface area contributed by atoms with E-state index in [1.54, 1.807) is 48.5 Å². The molecule has 1 saturated carbocycles. The molecule has 3 aromatic carbocycles. The number of benzene rings is 3. The molecule has 2 aliphatic rings. The zero-order valence-electron chi connectivity index (χ0n) is 20.9. The molecule has 3 aromatic rings. The van der Waals surface area contributed by atoms with Gasteiger partial charge in [-0.25, -0.2) is 9.59 Å². The molecule has 5 amide bonds. The number of hydrogen-bond donors (Lipinski definition) is 6. The summed E-state index contributed by atoms with van der Waals surface area (Å²) in [6.45, 7) is 1.55. The predicted octanol–water partition coefficient (Wildman–Crippen LogP) is 4.09. The molecule has 11 nitrogen and oxygen atoms in total. The summed E-state index contributed by atoms with van der Waals surface area (Å²) in [6, 6.07) is 19.4. The minimum absolute atomic E-state index is 0.141. The van der Waals surface area contributed by atoms with Crippen LogP contribution in [0.4, 0.5) is 32.3 Å². The van der Waals surface area contributed by atoms with Crippen LogP contribution in [-0.2, 0) is 0 Å². The number of amidine groups is 1. The van der Waals surface area contributed by atoms with Crippen molar-refractivity contribution in [3.63, 3.8) is 0 Å². The van der Waals surface area contributed by atoms with E-state index in [4.69, 9.17) is 5.26 Å². The molecule has 11 heteroatoms. The standard InChI is InChI=1S/C28H26N8O3/c29-16-17-1-5-21(6-2-17)33-27(38)35-23-13-19(26(37)32-20-9-10-20)14-24(15-23)36-28(39)34-22-7-3-18(4-8-22)25-30-11-12-31-25/h1-8,13-15,20H,9-12H2,(H,30,31)(H,32,37)(H2,33,35,38)(H2,34,36,39). The van der Waals surface area contributed by atoms with E-state index in [2.05, 4.69) is 36.9 Å². The maximum atomic E-state index is 12.7. The van der Waals surface area contributed by atoms with E-state index in [0.29, 0.717) is 33.9 Å². The second kappa shape index (κ2) is 11.4. The number of aliphatic imine (C=N–C) groups is 1. The van der Waals surface area contributed by atoms with Crippen molar-refractivity contribution >= 4 is 46.6 Å². The van der Waals surface area contributed by atoms with Crippen molar-refractivity contribution in [2.24, 2.45) is 4.99 Å². The maximum Gasteiger partial charge on any atom is 0.323 e. The number of nitriles is 1. The summed E-state index contributed by atoms with van der Waals surface area (Å²) in [5.74, 6) is 0.534. The summed E-state index contributed by atoms with van der Waals surface area (Å²) >= 11 is 0. The van der Waals surface area contributed by atoms with Crippen molar-refractivity contribution in [2.45, 2.75) is 18.9 Å². The number of nitrogens with zero attached hydrogens (tertiary/aromatic N) is 2. The van der Waals surface area contributed by atoms with E-state index in [0.717, 1.165) is 37.3 Å². The molecule has 0 saturated heterocycles. The van der Waals surface area contributed by atoms with Gasteiger partial charge in [0.2, 0.25) is 0 Å². The Hall–Kier alpha value is -5.37. The highest BCUT2D eigenvalue weighted by molar-refractivity contribution is 6.05. The smallest absolute Gasteiger partial charge is 0.323 e. The lowest BCUT2D eigenvalue weighted by molar-refractivity contribution is 0.0951. The van der Waals surface area contributed by atoms with Gasteiger partial charge in [0.15, 0.2) is 0 Å². The SMILES string of the molecule is N#Cc1ccc(NC(=O)Nc2cc(NC(=O)Nc3ccc(C4=NCCN4)cc3)cc(C(=O)NC3CC3)c2)cc1. The third-order valence-corrected chi connectivity index (χ3v) is 5.99. The molecule has 0 spiro atoms. The number of rotatable bonds is 7. The second-order valence-corrected chi connectivity index (χ2v) is 9.13. The third-order valence-electron chi connectivity index (χ3n) is 5.99. The average molecular weight is 523 g/mol. The Morgan fingerprint density at radius 3 is 1.87 bits per heavy atom. The topological polar surface area (TPSA) is 160 Å². The maximum absolute atomic E-state index is 12.7. The molecule has 196 valence electrons. The van der Waals surface area contributed by atoms with Gasteiger partial charge in [0.1, 0.15) is 5.84 Å². The van der Waals surface area contributed by atoms with Crippen LogP contribution in [0.3, 0.4) is 0 Å². The fourth-order valence-corrected chi connectivity index (χ4v) is 3.92. The Morgan fingerprint density at radius 1 is 0.795 bits per heavy atom. The lowest BCUT2D eigenvalue weighted by Crippen LogP contribution is -2.26. The first-order valence-electron chi connectivity index (χ1n) is 12.5. The van der Waals surface area contributed by atoms with Crippen LogP contribution in [0.15, 0.2) is 71.7 Å². The largest absolute Gasteiger partial charge is 0.368 e. The minimum atomic E-state index is -0.545. The van der Waals surface area contributed by atoms with Crippen molar-refractivity contribution in [1.29, 1.82) is 5.26 Å². The molecule has 1 aliphatic heterocycles. The summed E-state index contributed by atoms with van der Waals surface area (Å²) in [4.78, 5) is 42.5. The highest BCUT2D eigenvalue weighted by atomic mass is 16.2. The summed E-state index contributed by atoms with van der Waals surface area (Å²) in [5.41, 5.74) is 3.41. The van der Waals surface area contributed by atoms with Crippen molar-refractivity contribution in [3.05, 3.63) is 83.4 Å². The fourth-order valence-electron chi connectivity index (χ4n) is 3.92. The number of anilines is 4. The summed E-state index contributed by atoms with van der Waals surface area (Å²) in [5, 5.41) is 25.9. The normalized spacial score (nSPS) is 13.8. The van der Waals surface area contributed by atoms with Gasteiger partial charge in [0.05, 0.1) is 18.2 Å². The molecule has 39 heavy (non-hydrogen) atoms. The Balaban J connectivity index is 1.27. The lowest BCUT2D eigenvalue weighted by Gasteiger charge is -2.14. The second-order valence-electron chi connectivity index (χ2n) is 9.13. The first kappa shape index (κ1) is 25.3. The quantitative estimate of drug-likeness (QED) is 0.275. The average Bonchev–Trinajstić information content (AvgIpc) is 3.57. The monoisotopic (exact) mass is 522 g/mol. The van der Waals surface area contributed by atoms with Gasteiger partial charge in [0.25, 0.3) is 5.91 Å². The molecule has 0 unspecified atom stereocenters. The predicted molar refractivity (Wildman–Crippen MR) is 149 cm³/mol. The molecular formula is C28H26N8O3. The number of carbonyl (C=O) groups is 3. The van der Waals surface area contributed by atoms with Gasteiger partial charge < -0.3 is 31.9 Å². The van der Waals surface area contributed by atoms with Crippen LogP contribution in [0.25, 0.3) is 0 Å². The fraction of sp³-hybridized carbons (Fsp3) is 0.179. The Bertz CT molecular complexity index is 1470. The number of urea groups is 2. The van der Waals surface area contributed by atoms with E-state index < -0.39 is 12.1 Å². The number of carbonyl (C=O) groups excluding carboxylic acids is 3. The van der Waals surface area contributed by atoms with Crippen LogP contribution in [0.1, 0.15) is 34.3 Å². The van der Waals surface area contributed by atoms with Crippen LogP contribution >= 0.6 is 0 Å².